The SMILES string of the molecule is COC(=O)c1ccc(NC(=O)c2ccn(C(C)(C)C)c2)cc1. The molecule has 0 unspecified atom stereocenters. The second-order valence-corrected chi connectivity index (χ2v) is 6.00. The minimum atomic E-state index is -0.403. The van der Waals surface area contributed by atoms with Gasteiger partial charge in [-0.3, -0.25) is 4.79 Å². The third-order valence-corrected chi connectivity index (χ3v) is 3.29. The fourth-order valence-corrected chi connectivity index (χ4v) is 1.96. The van der Waals surface area contributed by atoms with Crippen LogP contribution in [-0.4, -0.2) is 23.6 Å². The molecule has 0 spiro atoms. The first-order valence-corrected chi connectivity index (χ1v) is 6.99. The van der Waals surface area contributed by atoms with E-state index in [1.807, 2.05) is 17.0 Å². The van der Waals surface area contributed by atoms with Gasteiger partial charge in [-0.25, -0.2) is 4.79 Å². The molecule has 1 N–H and O–H groups in total. The summed E-state index contributed by atoms with van der Waals surface area (Å²) in [6, 6.07) is 8.35. The number of esters is 1. The molecule has 1 aromatic heterocycles. The molecule has 2 aromatic rings. The van der Waals surface area contributed by atoms with Gasteiger partial charge < -0.3 is 14.6 Å². The minimum Gasteiger partial charge on any atom is -0.465 e. The Morgan fingerprint density at radius 2 is 1.68 bits per heavy atom. The number of aromatic nitrogens is 1. The number of carbonyl (C=O) groups excluding carboxylic acids is 2. The van der Waals surface area contributed by atoms with Gasteiger partial charge in [-0.05, 0) is 51.1 Å². The van der Waals surface area contributed by atoms with Crippen LogP contribution in [0.5, 0.6) is 0 Å². The number of carbonyl (C=O) groups is 2. The lowest BCUT2D eigenvalue weighted by Crippen LogP contribution is -2.20. The van der Waals surface area contributed by atoms with E-state index in [4.69, 9.17) is 0 Å². The van der Waals surface area contributed by atoms with E-state index in [1.165, 1.54) is 7.11 Å². The van der Waals surface area contributed by atoms with Crippen molar-refractivity contribution in [3.05, 3.63) is 53.9 Å². The molecule has 0 aliphatic heterocycles. The molecule has 1 aromatic carbocycles. The van der Waals surface area contributed by atoms with E-state index < -0.39 is 5.97 Å². The number of hydrogen-bond donors (Lipinski definition) is 1. The van der Waals surface area contributed by atoms with Crippen molar-refractivity contribution in [1.82, 2.24) is 4.57 Å². The molecule has 0 radical (unpaired) electrons. The normalized spacial score (nSPS) is 11.1. The standard InChI is InChI=1S/C17H20N2O3/c1-17(2,3)19-10-9-13(11-19)15(20)18-14-7-5-12(6-8-14)16(21)22-4/h5-11H,1-4H3,(H,18,20). The van der Waals surface area contributed by atoms with Gasteiger partial charge in [-0.2, -0.15) is 0 Å². The maximum atomic E-state index is 12.2. The molecule has 1 heterocycles. The van der Waals surface area contributed by atoms with E-state index in [0.29, 0.717) is 16.8 Å². The van der Waals surface area contributed by atoms with E-state index in [1.54, 1.807) is 30.3 Å². The van der Waals surface area contributed by atoms with Crippen LogP contribution in [0, 0.1) is 0 Å². The molecule has 0 saturated heterocycles. The van der Waals surface area contributed by atoms with Gasteiger partial charge in [0, 0.05) is 23.6 Å². The lowest BCUT2D eigenvalue weighted by atomic mass is 10.1. The molecule has 0 fully saturated rings. The quantitative estimate of drug-likeness (QED) is 0.885. The Morgan fingerprint density at radius 1 is 1.05 bits per heavy atom. The molecule has 0 bridgehead atoms. The number of anilines is 1. The lowest BCUT2D eigenvalue weighted by molar-refractivity contribution is 0.0600. The smallest absolute Gasteiger partial charge is 0.337 e. The molecule has 2 rings (SSSR count). The highest BCUT2D eigenvalue weighted by Crippen LogP contribution is 2.17. The Morgan fingerprint density at radius 3 is 2.18 bits per heavy atom. The third kappa shape index (κ3) is 3.55. The number of benzene rings is 1. The van der Waals surface area contributed by atoms with E-state index in [2.05, 4.69) is 30.8 Å². The van der Waals surface area contributed by atoms with Crippen LogP contribution in [-0.2, 0) is 10.3 Å². The van der Waals surface area contributed by atoms with Crippen molar-refractivity contribution >= 4 is 17.6 Å². The summed E-state index contributed by atoms with van der Waals surface area (Å²) in [6.45, 7) is 6.21. The Bertz CT molecular complexity index is 679. The maximum Gasteiger partial charge on any atom is 0.337 e. The fourth-order valence-electron chi connectivity index (χ4n) is 1.96. The Hall–Kier alpha value is -2.56. The molecule has 0 aliphatic rings. The zero-order valence-electron chi connectivity index (χ0n) is 13.2. The highest BCUT2D eigenvalue weighted by Gasteiger charge is 2.15. The summed E-state index contributed by atoms with van der Waals surface area (Å²) in [5, 5.41) is 2.80. The average molecular weight is 300 g/mol. The number of rotatable bonds is 3. The summed E-state index contributed by atoms with van der Waals surface area (Å²) in [7, 11) is 1.33. The van der Waals surface area contributed by atoms with Crippen LogP contribution in [0.1, 0.15) is 41.5 Å². The molecular formula is C17H20N2O3. The predicted octanol–water partition coefficient (Wildman–Crippen LogP) is 3.28. The summed E-state index contributed by atoms with van der Waals surface area (Å²) >= 11 is 0. The largest absolute Gasteiger partial charge is 0.465 e. The molecule has 0 saturated carbocycles. The number of amides is 1. The average Bonchev–Trinajstić information content (AvgIpc) is 2.97. The first-order valence-electron chi connectivity index (χ1n) is 6.99. The van der Waals surface area contributed by atoms with Crippen LogP contribution >= 0.6 is 0 Å². The van der Waals surface area contributed by atoms with Gasteiger partial charge in [0.05, 0.1) is 18.2 Å². The predicted molar refractivity (Wildman–Crippen MR) is 85.2 cm³/mol. The Kier molecular flexibility index (Phi) is 4.35. The van der Waals surface area contributed by atoms with Crippen LogP contribution in [0.25, 0.3) is 0 Å². The second kappa shape index (κ2) is 6.05. The van der Waals surface area contributed by atoms with Gasteiger partial charge in [0.2, 0.25) is 0 Å². The van der Waals surface area contributed by atoms with Crippen molar-refractivity contribution in [2.75, 3.05) is 12.4 Å². The summed E-state index contributed by atoms with van der Waals surface area (Å²) in [5.74, 6) is -0.589. The zero-order chi connectivity index (χ0) is 16.3. The van der Waals surface area contributed by atoms with Crippen molar-refractivity contribution in [1.29, 1.82) is 0 Å². The van der Waals surface area contributed by atoms with Crippen molar-refractivity contribution in [3.8, 4) is 0 Å². The number of ether oxygens (including phenoxy) is 1. The summed E-state index contributed by atoms with van der Waals surface area (Å²) < 4.78 is 6.62. The monoisotopic (exact) mass is 300 g/mol. The van der Waals surface area contributed by atoms with Gasteiger partial charge >= 0.3 is 5.97 Å². The number of methoxy groups -OCH3 is 1. The zero-order valence-corrected chi connectivity index (χ0v) is 13.2. The summed E-state index contributed by atoms with van der Waals surface area (Å²) in [5.41, 5.74) is 1.59. The fraction of sp³-hybridized carbons (Fsp3) is 0.294. The number of hydrogen-bond acceptors (Lipinski definition) is 3. The van der Waals surface area contributed by atoms with E-state index >= 15 is 0 Å². The van der Waals surface area contributed by atoms with Crippen molar-refractivity contribution in [3.63, 3.8) is 0 Å². The van der Waals surface area contributed by atoms with Crippen molar-refractivity contribution in [2.24, 2.45) is 0 Å². The lowest BCUT2D eigenvalue weighted by Gasteiger charge is -2.20. The van der Waals surface area contributed by atoms with E-state index in [0.717, 1.165) is 0 Å². The van der Waals surface area contributed by atoms with E-state index in [9.17, 15) is 9.59 Å². The summed E-state index contributed by atoms with van der Waals surface area (Å²) in [6.07, 6.45) is 3.70. The van der Waals surface area contributed by atoms with Gasteiger partial charge in [0.15, 0.2) is 0 Å². The molecule has 1 amide bonds. The molecule has 22 heavy (non-hydrogen) atoms. The first kappa shape index (κ1) is 15.8. The highest BCUT2D eigenvalue weighted by molar-refractivity contribution is 6.04. The van der Waals surface area contributed by atoms with Crippen molar-refractivity contribution in [2.45, 2.75) is 26.3 Å². The molecule has 0 atom stereocenters. The van der Waals surface area contributed by atoms with Crippen molar-refractivity contribution < 1.29 is 14.3 Å². The molecule has 116 valence electrons. The third-order valence-electron chi connectivity index (χ3n) is 3.29. The van der Waals surface area contributed by atoms with E-state index in [-0.39, 0.29) is 11.4 Å². The van der Waals surface area contributed by atoms with Crippen LogP contribution in [0.3, 0.4) is 0 Å². The van der Waals surface area contributed by atoms with Gasteiger partial charge in [0.25, 0.3) is 5.91 Å². The number of nitrogens with zero attached hydrogens (tertiary/aromatic N) is 1. The molecular weight excluding hydrogens is 280 g/mol. The van der Waals surface area contributed by atoms with Gasteiger partial charge in [-0.1, -0.05) is 0 Å². The Labute approximate surface area is 129 Å². The second-order valence-electron chi connectivity index (χ2n) is 6.00. The van der Waals surface area contributed by atoms with Crippen LogP contribution < -0.4 is 5.32 Å². The topological polar surface area (TPSA) is 60.3 Å². The van der Waals surface area contributed by atoms with Crippen LogP contribution in [0.4, 0.5) is 5.69 Å². The first-order chi connectivity index (χ1) is 10.3. The van der Waals surface area contributed by atoms with Crippen LogP contribution in [0.15, 0.2) is 42.7 Å². The maximum absolute atomic E-state index is 12.2. The highest BCUT2D eigenvalue weighted by atomic mass is 16.5. The Balaban J connectivity index is 2.09. The molecule has 5 nitrogen and oxygen atoms in total. The minimum absolute atomic E-state index is 0.0688. The molecule has 5 heteroatoms. The molecule has 0 aliphatic carbocycles. The summed E-state index contributed by atoms with van der Waals surface area (Å²) in [4.78, 5) is 23.6. The van der Waals surface area contributed by atoms with Gasteiger partial charge in [-0.15, -0.1) is 0 Å². The number of nitrogens with one attached hydrogen (secondary N) is 1. The van der Waals surface area contributed by atoms with Gasteiger partial charge in [0.1, 0.15) is 0 Å². The van der Waals surface area contributed by atoms with Crippen LogP contribution in [0.2, 0.25) is 0 Å².